The van der Waals surface area contributed by atoms with Gasteiger partial charge in [-0.2, -0.15) is 0 Å². The van der Waals surface area contributed by atoms with E-state index in [1.54, 1.807) is 0 Å². The summed E-state index contributed by atoms with van der Waals surface area (Å²) < 4.78 is 2.43. The highest BCUT2D eigenvalue weighted by Crippen LogP contribution is 2.32. The maximum atomic E-state index is 12.9. The molecule has 22 heavy (non-hydrogen) atoms. The van der Waals surface area contributed by atoms with Crippen LogP contribution in [0.15, 0.2) is 6.07 Å². The molecule has 2 aliphatic rings. The first-order chi connectivity index (χ1) is 10.6. The van der Waals surface area contributed by atoms with Gasteiger partial charge in [-0.15, -0.1) is 0 Å². The summed E-state index contributed by atoms with van der Waals surface area (Å²) in [4.78, 5) is 14.9. The predicted molar refractivity (Wildman–Crippen MR) is 89.4 cm³/mol. The predicted octanol–water partition coefficient (Wildman–Crippen LogP) is 3.04. The topological polar surface area (TPSA) is 37.3 Å². The van der Waals surface area contributed by atoms with Gasteiger partial charge in [-0.1, -0.05) is 19.3 Å². The monoisotopic (exact) mass is 303 g/mol. The highest BCUT2D eigenvalue weighted by Gasteiger charge is 2.27. The zero-order valence-corrected chi connectivity index (χ0v) is 14.2. The van der Waals surface area contributed by atoms with Gasteiger partial charge in [0.25, 0.3) is 5.91 Å². The van der Waals surface area contributed by atoms with Crippen LogP contribution in [0.1, 0.15) is 66.8 Å². The van der Waals surface area contributed by atoms with Crippen LogP contribution in [0.3, 0.4) is 0 Å². The maximum absolute atomic E-state index is 12.9. The minimum Gasteiger partial charge on any atom is -0.345 e. The minimum atomic E-state index is 0.212. The number of nitrogens with zero attached hydrogens (tertiary/aromatic N) is 2. The number of hydrogen-bond acceptors (Lipinski definition) is 2. The number of carbonyl (C=O) groups is 1. The number of rotatable bonds is 2. The van der Waals surface area contributed by atoms with Gasteiger partial charge in [-0.3, -0.25) is 4.79 Å². The summed E-state index contributed by atoms with van der Waals surface area (Å²) in [6, 6.07) is 3.09. The summed E-state index contributed by atoms with van der Waals surface area (Å²) in [5.74, 6) is 0.212. The number of amides is 1. The molecule has 1 aromatic rings. The smallest absolute Gasteiger partial charge is 0.255 e. The van der Waals surface area contributed by atoms with Crippen LogP contribution >= 0.6 is 0 Å². The molecule has 1 atom stereocenters. The van der Waals surface area contributed by atoms with Crippen LogP contribution in [0.5, 0.6) is 0 Å². The van der Waals surface area contributed by atoms with Crippen molar-refractivity contribution in [1.29, 1.82) is 0 Å². The van der Waals surface area contributed by atoms with Gasteiger partial charge in [-0.05, 0) is 39.7 Å². The lowest BCUT2D eigenvalue weighted by Crippen LogP contribution is -2.51. The molecule has 0 bridgehead atoms. The van der Waals surface area contributed by atoms with Crippen molar-refractivity contribution in [2.24, 2.45) is 0 Å². The zero-order chi connectivity index (χ0) is 15.7. The molecule has 1 amide bonds. The SMILES string of the molecule is Cc1cc(C(=O)N2CCNC(C)C2)c(C)n1C1CCCCC1. The highest BCUT2D eigenvalue weighted by atomic mass is 16.2. The summed E-state index contributed by atoms with van der Waals surface area (Å²) in [6.07, 6.45) is 6.52. The van der Waals surface area contributed by atoms with Gasteiger partial charge in [0, 0.05) is 43.1 Å². The molecular formula is C18H29N3O. The fourth-order valence-electron chi connectivity index (χ4n) is 4.18. The number of hydrogen-bond donors (Lipinski definition) is 1. The van der Waals surface area contributed by atoms with E-state index in [0.717, 1.165) is 25.2 Å². The molecule has 4 heteroatoms. The Kier molecular flexibility index (Phi) is 4.57. The maximum Gasteiger partial charge on any atom is 0.255 e. The third-order valence-corrected chi connectivity index (χ3v) is 5.31. The van der Waals surface area contributed by atoms with Crippen molar-refractivity contribution in [3.05, 3.63) is 23.0 Å². The number of aryl methyl sites for hydroxylation is 1. The van der Waals surface area contributed by atoms with Gasteiger partial charge in [0.05, 0.1) is 5.56 Å². The standard InChI is InChI=1S/C18H29N3O/c1-13-12-20(10-9-19-13)18(22)17-11-14(2)21(15(17)3)16-7-5-4-6-8-16/h11,13,16,19H,4-10,12H2,1-3H3. The third-order valence-electron chi connectivity index (χ3n) is 5.31. The quantitative estimate of drug-likeness (QED) is 0.912. The van der Waals surface area contributed by atoms with Crippen molar-refractivity contribution in [2.45, 2.75) is 65.0 Å². The second-order valence-electron chi connectivity index (χ2n) is 7.05. The van der Waals surface area contributed by atoms with Crippen LogP contribution in [-0.2, 0) is 0 Å². The van der Waals surface area contributed by atoms with E-state index < -0.39 is 0 Å². The van der Waals surface area contributed by atoms with E-state index in [4.69, 9.17) is 0 Å². The van der Waals surface area contributed by atoms with E-state index in [9.17, 15) is 4.79 Å². The molecule has 1 N–H and O–H groups in total. The van der Waals surface area contributed by atoms with Crippen molar-refractivity contribution in [2.75, 3.05) is 19.6 Å². The molecule has 122 valence electrons. The summed E-state index contributed by atoms with van der Waals surface area (Å²) in [5, 5.41) is 3.40. The Labute approximate surface area is 133 Å². The van der Waals surface area contributed by atoms with Gasteiger partial charge < -0.3 is 14.8 Å². The van der Waals surface area contributed by atoms with Crippen LogP contribution in [0, 0.1) is 13.8 Å². The van der Waals surface area contributed by atoms with E-state index in [2.05, 4.69) is 36.7 Å². The number of nitrogens with one attached hydrogen (secondary N) is 1. The van der Waals surface area contributed by atoms with Crippen molar-refractivity contribution < 1.29 is 4.79 Å². The summed E-state index contributed by atoms with van der Waals surface area (Å²) in [6.45, 7) is 8.94. The van der Waals surface area contributed by atoms with Crippen LogP contribution in [0.2, 0.25) is 0 Å². The van der Waals surface area contributed by atoms with Gasteiger partial charge in [-0.25, -0.2) is 0 Å². The first-order valence-electron chi connectivity index (χ1n) is 8.79. The fourth-order valence-corrected chi connectivity index (χ4v) is 4.18. The van der Waals surface area contributed by atoms with Crippen molar-refractivity contribution in [3.8, 4) is 0 Å². The molecule has 3 rings (SSSR count). The zero-order valence-electron chi connectivity index (χ0n) is 14.2. The fraction of sp³-hybridized carbons (Fsp3) is 0.722. The van der Waals surface area contributed by atoms with Crippen molar-refractivity contribution in [1.82, 2.24) is 14.8 Å². The number of carbonyl (C=O) groups excluding carboxylic acids is 1. The van der Waals surface area contributed by atoms with Crippen molar-refractivity contribution >= 4 is 5.91 Å². The Morgan fingerprint density at radius 3 is 2.64 bits per heavy atom. The van der Waals surface area contributed by atoms with E-state index in [0.29, 0.717) is 12.1 Å². The minimum absolute atomic E-state index is 0.212. The largest absolute Gasteiger partial charge is 0.345 e. The second-order valence-corrected chi connectivity index (χ2v) is 7.05. The molecule has 0 aromatic carbocycles. The first-order valence-corrected chi connectivity index (χ1v) is 8.79. The second kappa shape index (κ2) is 6.45. The normalized spacial score (nSPS) is 23.8. The Morgan fingerprint density at radius 1 is 1.23 bits per heavy atom. The van der Waals surface area contributed by atoms with Gasteiger partial charge in [0.1, 0.15) is 0 Å². The Bertz CT molecular complexity index is 543. The van der Waals surface area contributed by atoms with Crippen LogP contribution < -0.4 is 5.32 Å². The van der Waals surface area contributed by atoms with Gasteiger partial charge in [0.15, 0.2) is 0 Å². The summed E-state index contributed by atoms with van der Waals surface area (Å²) in [7, 11) is 0. The molecule has 0 radical (unpaired) electrons. The highest BCUT2D eigenvalue weighted by molar-refractivity contribution is 5.95. The number of aromatic nitrogens is 1. The van der Waals surface area contributed by atoms with E-state index in [-0.39, 0.29) is 5.91 Å². The Balaban J connectivity index is 1.83. The molecule has 1 aromatic heterocycles. The average Bonchev–Trinajstić information content (AvgIpc) is 2.82. The molecule has 2 fully saturated rings. The first kappa shape index (κ1) is 15.6. The lowest BCUT2D eigenvalue weighted by atomic mass is 9.95. The average molecular weight is 303 g/mol. The Hall–Kier alpha value is -1.29. The summed E-state index contributed by atoms with van der Waals surface area (Å²) in [5.41, 5.74) is 3.33. The molecule has 2 heterocycles. The van der Waals surface area contributed by atoms with E-state index in [1.807, 2.05) is 4.90 Å². The molecular weight excluding hydrogens is 274 g/mol. The molecule has 1 saturated carbocycles. The third kappa shape index (κ3) is 2.94. The van der Waals surface area contributed by atoms with Crippen molar-refractivity contribution in [3.63, 3.8) is 0 Å². The lowest BCUT2D eigenvalue weighted by Gasteiger charge is -2.32. The summed E-state index contributed by atoms with van der Waals surface area (Å²) >= 11 is 0. The molecule has 1 aliphatic heterocycles. The molecule has 0 spiro atoms. The van der Waals surface area contributed by atoms with Crippen LogP contribution in [0.4, 0.5) is 0 Å². The van der Waals surface area contributed by atoms with Crippen LogP contribution in [0.25, 0.3) is 0 Å². The van der Waals surface area contributed by atoms with Gasteiger partial charge in [0.2, 0.25) is 0 Å². The Morgan fingerprint density at radius 2 is 1.95 bits per heavy atom. The lowest BCUT2D eigenvalue weighted by molar-refractivity contribution is 0.0708. The molecule has 1 aliphatic carbocycles. The van der Waals surface area contributed by atoms with Gasteiger partial charge >= 0.3 is 0 Å². The number of piperazine rings is 1. The van der Waals surface area contributed by atoms with Crippen LogP contribution in [-0.4, -0.2) is 41.1 Å². The van der Waals surface area contributed by atoms with E-state index >= 15 is 0 Å². The molecule has 1 saturated heterocycles. The molecule has 4 nitrogen and oxygen atoms in total. The van der Waals surface area contributed by atoms with E-state index in [1.165, 1.54) is 43.5 Å². The molecule has 1 unspecified atom stereocenters.